The van der Waals surface area contributed by atoms with E-state index in [-0.39, 0.29) is 12.4 Å². The first-order chi connectivity index (χ1) is 10.7. The number of pyridine rings is 1. The Morgan fingerprint density at radius 1 is 1.45 bits per heavy atom. The second kappa shape index (κ2) is 5.63. The van der Waals surface area contributed by atoms with E-state index >= 15 is 0 Å². The summed E-state index contributed by atoms with van der Waals surface area (Å²) in [7, 11) is 1.33. The van der Waals surface area contributed by atoms with Crippen LogP contribution in [-0.2, 0) is 19.1 Å². The molecule has 0 fully saturated rings. The molecule has 0 aromatic carbocycles. The first kappa shape index (κ1) is 14.3. The van der Waals surface area contributed by atoms with Crippen molar-refractivity contribution in [2.45, 2.75) is 19.3 Å². The van der Waals surface area contributed by atoms with E-state index in [4.69, 9.17) is 9.47 Å². The summed E-state index contributed by atoms with van der Waals surface area (Å²) in [5.74, 6) is -1.34. The van der Waals surface area contributed by atoms with Crippen LogP contribution in [0.2, 0.25) is 0 Å². The number of nitrogens with zero attached hydrogens (tertiary/aromatic N) is 1. The molecular formula is C16H16N2O4. The number of aromatic amines is 1. The molecule has 0 amide bonds. The minimum atomic E-state index is -0.548. The Bertz CT molecular complexity index is 776. The highest BCUT2D eigenvalue weighted by Crippen LogP contribution is 2.37. The van der Waals surface area contributed by atoms with Crippen LogP contribution in [-0.4, -0.2) is 35.6 Å². The fraction of sp³-hybridized carbons (Fsp3) is 0.312. The first-order valence-corrected chi connectivity index (χ1v) is 7.07. The van der Waals surface area contributed by atoms with Gasteiger partial charge >= 0.3 is 11.9 Å². The molecule has 0 radical (unpaired) electrons. The number of methoxy groups -OCH3 is 1. The van der Waals surface area contributed by atoms with Gasteiger partial charge in [-0.05, 0) is 31.1 Å². The molecule has 2 heterocycles. The Labute approximate surface area is 127 Å². The largest absolute Gasteiger partial charge is 0.466 e. The van der Waals surface area contributed by atoms with Crippen molar-refractivity contribution in [3.05, 3.63) is 35.2 Å². The number of aromatic nitrogens is 2. The third kappa shape index (κ3) is 2.26. The van der Waals surface area contributed by atoms with Crippen LogP contribution < -0.4 is 0 Å². The third-order valence-electron chi connectivity index (χ3n) is 3.78. The van der Waals surface area contributed by atoms with Gasteiger partial charge in [-0.15, -0.1) is 0 Å². The van der Waals surface area contributed by atoms with Crippen LogP contribution in [0.25, 0.3) is 17.1 Å². The van der Waals surface area contributed by atoms with E-state index < -0.39 is 11.9 Å². The van der Waals surface area contributed by atoms with E-state index in [9.17, 15) is 9.59 Å². The van der Waals surface area contributed by atoms with Crippen LogP contribution in [0.3, 0.4) is 0 Å². The van der Waals surface area contributed by atoms with Crippen LogP contribution in [0.15, 0.2) is 24.0 Å². The van der Waals surface area contributed by atoms with E-state index in [1.54, 1.807) is 31.5 Å². The average Bonchev–Trinajstić information content (AvgIpc) is 2.85. The molecule has 0 saturated heterocycles. The lowest BCUT2D eigenvalue weighted by Gasteiger charge is -2.16. The number of hydrogen-bond acceptors (Lipinski definition) is 5. The Morgan fingerprint density at radius 2 is 2.27 bits per heavy atom. The molecule has 2 aromatic rings. The molecule has 6 heteroatoms. The van der Waals surface area contributed by atoms with Gasteiger partial charge in [0.25, 0.3) is 0 Å². The lowest BCUT2D eigenvalue weighted by atomic mass is 9.92. The topological polar surface area (TPSA) is 81.3 Å². The Morgan fingerprint density at radius 3 is 3.00 bits per heavy atom. The zero-order valence-electron chi connectivity index (χ0n) is 12.4. The summed E-state index contributed by atoms with van der Waals surface area (Å²) in [5.41, 5.74) is 2.77. The van der Waals surface area contributed by atoms with Crippen LogP contribution >= 0.6 is 0 Å². The SMILES string of the molecule is CCOC(=O)C1CC(C(=O)OC)=Cc2c[nH]c3nccc1c23. The van der Waals surface area contributed by atoms with E-state index in [1.165, 1.54) is 7.11 Å². The minimum absolute atomic E-state index is 0.249. The molecule has 0 aliphatic heterocycles. The molecule has 1 atom stereocenters. The minimum Gasteiger partial charge on any atom is -0.466 e. The maximum absolute atomic E-state index is 12.3. The van der Waals surface area contributed by atoms with Crippen molar-refractivity contribution < 1.29 is 19.1 Å². The molecule has 1 aliphatic rings. The summed E-state index contributed by atoms with van der Waals surface area (Å²) in [4.78, 5) is 31.6. The van der Waals surface area contributed by atoms with Crippen molar-refractivity contribution in [1.82, 2.24) is 9.97 Å². The maximum Gasteiger partial charge on any atom is 0.333 e. The molecule has 2 aromatic heterocycles. The molecule has 0 bridgehead atoms. The molecule has 114 valence electrons. The van der Waals surface area contributed by atoms with E-state index in [1.807, 2.05) is 0 Å². The number of carbonyl (C=O) groups excluding carboxylic acids is 2. The fourth-order valence-corrected chi connectivity index (χ4v) is 2.82. The third-order valence-corrected chi connectivity index (χ3v) is 3.78. The van der Waals surface area contributed by atoms with E-state index in [0.29, 0.717) is 17.8 Å². The van der Waals surface area contributed by atoms with Crippen molar-refractivity contribution in [3.63, 3.8) is 0 Å². The van der Waals surface area contributed by atoms with Crippen LogP contribution in [0.1, 0.15) is 30.4 Å². The van der Waals surface area contributed by atoms with Crippen molar-refractivity contribution in [1.29, 1.82) is 0 Å². The molecule has 1 unspecified atom stereocenters. The molecule has 1 aliphatic carbocycles. The second-order valence-corrected chi connectivity index (χ2v) is 5.04. The van der Waals surface area contributed by atoms with Crippen molar-refractivity contribution >= 4 is 29.0 Å². The van der Waals surface area contributed by atoms with Gasteiger partial charge in [-0.3, -0.25) is 4.79 Å². The number of ether oxygens (including phenoxy) is 2. The molecule has 1 N–H and O–H groups in total. The highest BCUT2D eigenvalue weighted by molar-refractivity contribution is 6.02. The zero-order valence-corrected chi connectivity index (χ0v) is 12.4. The number of H-pyrrole nitrogens is 1. The molecule has 0 saturated carbocycles. The number of hydrogen-bond donors (Lipinski definition) is 1. The van der Waals surface area contributed by atoms with Crippen LogP contribution in [0.5, 0.6) is 0 Å². The van der Waals surface area contributed by atoms with Crippen LogP contribution in [0.4, 0.5) is 0 Å². The monoisotopic (exact) mass is 300 g/mol. The van der Waals surface area contributed by atoms with Crippen molar-refractivity contribution in [2.75, 3.05) is 13.7 Å². The summed E-state index contributed by atoms with van der Waals surface area (Å²) in [6, 6.07) is 1.80. The smallest absolute Gasteiger partial charge is 0.333 e. The molecule has 6 nitrogen and oxygen atoms in total. The highest BCUT2D eigenvalue weighted by atomic mass is 16.5. The summed E-state index contributed by atoms with van der Waals surface area (Å²) in [5, 5.41) is 0.847. The average molecular weight is 300 g/mol. The van der Waals surface area contributed by atoms with Gasteiger partial charge in [0.1, 0.15) is 5.65 Å². The predicted molar refractivity (Wildman–Crippen MR) is 80.1 cm³/mol. The zero-order chi connectivity index (χ0) is 15.7. The van der Waals surface area contributed by atoms with Gasteiger partial charge in [-0.1, -0.05) is 0 Å². The van der Waals surface area contributed by atoms with Crippen molar-refractivity contribution in [3.8, 4) is 0 Å². The molecule has 3 rings (SSSR count). The molecule has 22 heavy (non-hydrogen) atoms. The summed E-state index contributed by atoms with van der Waals surface area (Å²) < 4.78 is 9.99. The van der Waals surface area contributed by atoms with E-state index in [2.05, 4.69) is 9.97 Å². The number of esters is 2. The Balaban J connectivity index is 2.19. The van der Waals surface area contributed by atoms with E-state index in [0.717, 1.165) is 16.5 Å². The number of rotatable bonds is 3. The van der Waals surface area contributed by atoms with Gasteiger partial charge < -0.3 is 14.5 Å². The number of nitrogens with one attached hydrogen (secondary N) is 1. The Hall–Kier alpha value is -2.63. The maximum atomic E-state index is 12.3. The van der Waals surface area contributed by atoms with Gasteiger partial charge in [-0.2, -0.15) is 0 Å². The second-order valence-electron chi connectivity index (χ2n) is 5.04. The normalized spacial score (nSPS) is 16.8. The fourth-order valence-electron chi connectivity index (χ4n) is 2.82. The standard InChI is InChI=1S/C16H16N2O4/c1-3-22-16(20)12-7-9(15(19)21-2)6-10-8-18-14-13(10)11(12)4-5-17-14/h4-6,8,12H,3,7H2,1-2H3,(H,17,18). The lowest BCUT2D eigenvalue weighted by Crippen LogP contribution is -2.18. The van der Waals surface area contributed by atoms with Gasteiger partial charge in [0.2, 0.25) is 0 Å². The number of carbonyl (C=O) groups is 2. The summed E-state index contributed by atoms with van der Waals surface area (Å²) in [6.45, 7) is 2.05. The molecular weight excluding hydrogens is 284 g/mol. The summed E-state index contributed by atoms with van der Waals surface area (Å²) in [6.07, 6.45) is 5.42. The first-order valence-electron chi connectivity index (χ1n) is 7.07. The quantitative estimate of drug-likeness (QED) is 0.879. The predicted octanol–water partition coefficient (Wildman–Crippen LogP) is 2.17. The van der Waals surface area contributed by atoms with Gasteiger partial charge in [-0.25, -0.2) is 9.78 Å². The van der Waals surface area contributed by atoms with Crippen molar-refractivity contribution in [2.24, 2.45) is 0 Å². The lowest BCUT2D eigenvalue weighted by molar-refractivity contribution is -0.145. The summed E-state index contributed by atoms with van der Waals surface area (Å²) >= 11 is 0. The van der Waals surface area contributed by atoms with Gasteiger partial charge in [0.05, 0.1) is 19.6 Å². The van der Waals surface area contributed by atoms with Gasteiger partial charge in [0.15, 0.2) is 0 Å². The van der Waals surface area contributed by atoms with Gasteiger partial charge in [0, 0.05) is 28.9 Å². The highest BCUT2D eigenvalue weighted by Gasteiger charge is 2.31. The Kier molecular flexibility index (Phi) is 3.66. The molecule has 0 spiro atoms. The van der Waals surface area contributed by atoms with Crippen LogP contribution in [0, 0.1) is 0 Å².